The molecule has 0 radical (unpaired) electrons. The summed E-state index contributed by atoms with van der Waals surface area (Å²) >= 11 is 3.02. The Morgan fingerprint density at radius 2 is 1.56 bits per heavy atom. The summed E-state index contributed by atoms with van der Waals surface area (Å²) in [6.07, 6.45) is 0. The van der Waals surface area contributed by atoms with Gasteiger partial charge in [-0.05, 0) is 33.9 Å². The van der Waals surface area contributed by atoms with Crippen LogP contribution >= 0.6 is 23.5 Å². The van der Waals surface area contributed by atoms with Crippen molar-refractivity contribution < 1.29 is 24.6 Å². The van der Waals surface area contributed by atoms with E-state index < -0.39 is 16.0 Å². The van der Waals surface area contributed by atoms with Gasteiger partial charge in [0.05, 0.1) is 0 Å². The maximum atomic E-state index is 12.5. The first kappa shape index (κ1) is 23.6. The van der Waals surface area contributed by atoms with Crippen LogP contribution in [0.2, 0.25) is 0 Å². The van der Waals surface area contributed by atoms with Gasteiger partial charge in [-0.1, -0.05) is 0 Å². The lowest BCUT2D eigenvalue weighted by Gasteiger charge is -2.36. The number of hydrogen-bond donors (Lipinski definition) is 2. The van der Waals surface area contributed by atoms with Crippen LogP contribution in [0.1, 0.15) is 13.8 Å². The number of carbonyl (C=O) groups is 3. The van der Waals surface area contributed by atoms with E-state index in [-0.39, 0.29) is 5.91 Å². The molecule has 1 fully saturated rings. The van der Waals surface area contributed by atoms with Gasteiger partial charge in [-0.25, -0.2) is 9.59 Å². The molecule has 0 bridgehead atoms. The van der Waals surface area contributed by atoms with Crippen LogP contribution in [0.3, 0.4) is 0 Å². The monoisotopic (exact) mass is 391 g/mol. The zero-order valence-corrected chi connectivity index (χ0v) is 16.5. The van der Waals surface area contributed by atoms with E-state index in [1.54, 1.807) is 4.90 Å². The second kappa shape index (κ2) is 11.2. The molecule has 142 valence electrons. The Kier molecular flexibility index (Phi) is 10.6. The predicted molar refractivity (Wildman–Crippen MR) is 98.5 cm³/mol. The highest BCUT2D eigenvalue weighted by molar-refractivity contribution is 8.20. The summed E-state index contributed by atoms with van der Waals surface area (Å²) < 4.78 is -0.922. The van der Waals surface area contributed by atoms with Crippen LogP contribution in [0.25, 0.3) is 0 Å². The molecule has 2 N–H and O–H groups in total. The summed E-state index contributed by atoms with van der Waals surface area (Å²) in [6, 6.07) is 2.26. The number of nitriles is 1. The third kappa shape index (κ3) is 7.54. The standard InChI is InChI=1S/C13H23N3OS2.C2H2O4/c1-5-16(6-2)12(17)13(10-14)18-8-11(9-19-13)7-15(3)4;3-1(4)2(5)6/h11H,5-9H2,1-4H3;(H,3,4)(H,5,6). The summed E-state index contributed by atoms with van der Waals surface area (Å²) in [4.78, 5) is 34.6. The zero-order chi connectivity index (χ0) is 19.6. The van der Waals surface area contributed by atoms with Gasteiger partial charge in [0.25, 0.3) is 5.91 Å². The number of carboxylic acid groups (broad SMARTS) is 2. The van der Waals surface area contributed by atoms with Gasteiger partial charge in [-0.2, -0.15) is 5.26 Å². The van der Waals surface area contributed by atoms with Crippen LogP contribution in [0.15, 0.2) is 0 Å². The molecule has 1 heterocycles. The quantitative estimate of drug-likeness (QED) is 0.658. The van der Waals surface area contributed by atoms with E-state index in [1.165, 1.54) is 23.5 Å². The molecule has 1 aliphatic heterocycles. The van der Waals surface area contributed by atoms with E-state index >= 15 is 0 Å². The second-order valence-electron chi connectivity index (χ2n) is 5.57. The molecular formula is C15H25N3O5S2. The van der Waals surface area contributed by atoms with Crippen LogP contribution < -0.4 is 0 Å². The van der Waals surface area contributed by atoms with E-state index in [0.717, 1.165) is 18.1 Å². The van der Waals surface area contributed by atoms with Gasteiger partial charge in [0.2, 0.25) is 4.08 Å². The minimum absolute atomic E-state index is 0.0293. The molecule has 10 heteroatoms. The topological polar surface area (TPSA) is 122 Å². The number of nitrogens with zero attached hydrogens (tertiary/aromatic N) is 3. The minimum atomic E-state index is -1.82. The summed E-state index contributed by atoms with van der Waals surface area (Å²) in [6.45, 7) is 6.27. The third-order valence-electron chi connectivity index (χ3n) is 3.33. The van der Waals surface area contributed by atoms with E-state index in [2.05, 4.69) is 25.1 Å². The van der Waals surface area contributed by atoms with Crippen LogP contribution in [0.4, 0.5) is 0 Å². The first-order chi connectivity index (χ1) is 11.6. The fraction of sp³-hybridized carbons (Fsp3) is 0.733. The summed E-state index contributed by atoms with van der Waals surface area (Å²) in [5, 5.41) is 24.3. The average Bonchev–Trinajstić information content (AvgIpc) is 2.56. The molecule has 0 aromatic carbocycles. The molecule has 0 atom stereocenters. The molecule has 0 spiro atoms. The van der Waals surface area contributed by atoms with Crippen LogP contribution in [0, 0.1) is 17.2 Å². The van der Waals surface area contributed by atoms with Crippen molar-refractivity contribution in [2.75, 3.05) is 45.2 Å². The Balaban J connectivity index is 0.000000823. The molecule has 0 unspecified atom stereocenters. The fourth-order valence-corrected chi connectivity index (χ4v) is 5.05. The number of carbonyl (C=O) groups excluding carboxylic acids is 1. The summed E-state index contributed by atoms with van der Waals surface area (Å²) in [7, 11) is 4.12. The third-order valence-corrected chi connectivity index (χ3v) is 6.66. The molecule has 8 nitrogen and oxygen atoms in total. The molecule has 0 aromatic rings. The van der Waals surface area contributed by atoms with E-state index in [9.17, 15) is 10.1 Å². The van der Waals surface area contributed by atoms with E-state index in [0.29, 0.717) is 19.0 Å². The van der Waals surface area contributed by atoms with Gasteiger partial charge in [-0.3, -0.25) is 4.79 Å². The lowest BCUT2D eigenvalue weighted by atomic mass is 10.2. The van der Waals surface area contributed by atoms with Crippen molar-refractivity contribution in [2.24, 2.45) is 5.92 Å². The first-order valence-corrected chi connectivity index (χ1v) is 9.70. The Labute approximate surface area is 156 Å². The highest BCUT2D eigenvalue weighted by atomic mass is 32.2. The van der Waals surface area contributed by atoms with Crippen LogP contribution in [-0.4, -0.2) is 87.2 Å². The number of carboxylic acids is 2. The predicted octanol–water partition coefficient (Wildman–Crippen LogP) is 0.888. The van der Waals surface area contributed by atoms with Gasteiger partial charge < -0.3 is 20.0 Å². The van der Waals surface area contributed by atoms with Crippen LogP contribution in [0.5, 0.6) is 0 Å². The highest BCUT2D eigenvalue weighted by Gasteiger charge is 2.45. The van der Waals surface area contributed by atoms with Crippen molar-refractivity contribution in [3.8, 4) is 6.07 Å². The summed E-state index contributed by atoms with van der Waals surface area (Å²) in [5.41, 5.74) is 0. The largest absolute Gasteiger partial charge is 0.473 e. The average molecular weight is 392 g/mol. The van der Waals surface area contributed by atoms with Gasteiger partial charge in [0.1, 0.15) is 6.07 Å². The number of thioether (sulfide) groups is 2. The lowest BCUT2D eigenvalue weighted by molar-refractivity contribution is -0.159. The highest BCUT2D eigenvalue weighted by Crippen LogP contribution is 2.45. The van der Waals surface area contributed by atoms with Crippen molar-refractivity contribution in [1.29, 1.82) is 5.26 Å². The molecule has 1 rings (SSSR count). The smallest absolute Gasteiger partial charge is 0.414 e. The normalized spacial score (nSPS) is 22.3. The van der Waals surface area contributed by atoms with Gasteiger partial charge in [-0.15, -0.1) is 23.5 Å². The SMILES string of the molecule is CCN(CC)C(=O)C1(C#N)SCC(CN(C)C)CS1.O=C(O)C(=O)O. The maximum absolute atomic E-state index is 12.5. The van der Waals surface area contributed by atoms with E-state index in [4.69, 9.17) is 19.8 Å². The number of aliphatic carboxylic acids is 2. The molecule has 1 saturated heterocycles. The van der Waals surface area contributed by atoms with Crippen LogP contribution in [-0.2, 0) is 14.4 Å². The Morgan fingerprint density at radius 3 is 1.84 bits per heavy atom. The van der Waals surface area contributed by atoms with Crippen molar-refractivity contribution in [2.45, 2.75) is 17.9 Å². The van der Waals surface area contributed by atoms with Crippen molar-refractivity contribution in [1.82, 2.24) is 9.80 Å². The molecule has 1 aliphatic rings. The maximum Gasteiger partial charge on any atom is 0.414 e. The lowest BCUT2D eigenvalue weighted by Crippen LogP contribution is -2.47. The Hall–Kier alpha value is -1.44. The Bertz CT molecular complexity index is 498. The fourth-order valence-electron chi connectivity index (χ4n) is 2.14. The number of hydrogen-bond acceptors (Lipinski definition) is 7. The van der Waals surface area contributed by atoms with Crippen molar-refractivity contribution in [3.05, 3.63) is 0 Å². The Morgan fingerprint density at radius 1 is 1.12 bits per heavy atom. The number of rotatable bonds is 5. The van der Waals surface area contributed by atoms with Crippen molar-refractivity contribution in [3.63, 3.8) is 0 Å². The molecule has 0 aliphatic carbocycles. The van der Waals surface area contributed by atoms with Gasteiger partial charge in [0.15, 0.2) is 0 Å². The molecular weight excluding hydrogens is 366 g/mol. The molecule has 0 saturated carbocycles. The minimum Gasteiger partial charge on any atom is -0.473 e. The first-order valence-electron chi connectivity index (χ1n) is 7.72. The van der Waals surface area contributed by atoms with Gasteiger partial charge in [0, 0.05) is 31.1 Å². The number of amides is 1. The summed E-state index contributed by atoms with van der Waals surface area (Å²) in [5.74, 6) is -1.36. The second-order valence-corrected chi connectivity index (χ2v) is 8.29. The van der Waals surface area contributed by atoms with E-state index in [1.807, 2.05) is 13.8 Å². The molecule has 25 heavy (non-hydrogen) atoms. The van der Waals surface area contributed by atoms with Gasteiger partial charge >= 0.3 is 11.9 Å². The molecule has 0 aromatic heterocycles. The zero-order valence-electron chi connectivity index (χ0n) is 14.9. The molecule has 1 amide bonds. The van der Waals surface area contributed by atoms with Crippen molar-refractivity contribution >= 4 is 41.4 Å².